The molecule has 1 saturated heterocycles. The van der Waals surface area contributed by atoms with Crippen LogP contribution in [0.2, 0.25) is 0 Å². The van der Waals surface area contributed by atoms with Gasteiger partial charge in [-0.15, -0.1) is 0 Å². The van der Waals surface area contributed by atoms with Crippen LogP contribution in [0.4, 0.5) is 14.9 Å². The van der Waals surface area contributed by atoms with Gasteiger partial charge >= 0.3 is 6.09 Å². The van der Waals surface area contributed by atoms with Crippen LogP contribution in [0.15, 0.2) is 65.8 Å². The number of piperidine rings is 1. The number of likely N-dealkylation sites (tertiary alicyclic amines) is 1. The van der Waals surface area contributed by atoms with Crippen molar-refractivity contribution in [2.75, 3.05) is 18.0 Å². The molecule has 1 fully saturated rings. The normalized spacial score (nSPS) is 24.3. The van der Waals surface area contributed by atoms with Crippen molar-refractivity contribution in [1.29, 1.82) is 0 Å². The average molecular weight is 461 g/mol. The van der Waals surface area contributed by atoms with Crippen molar-refractivity contribution in [3.05, 3.63) is 77.1 Å². The molecule has 170 valence electrons. The Morgan fingerprint density at radius 2 is 1.94 bits per heavy atom. The fraction of sp³-hybridized carbons (Fsp3) is 0.348. The summed E-state index contributed by atoms with van der Waals surface area (Å²) in [5, 5.41) is 1.09. The van der Waals surface area contributed by atoms with Gasteiger partial charge in [-0.25, -0.2) is 17.6 Å². The summed E-state index contributed by atoms with van der Waals surface area (Å²) in [6, 6.07) is 14.5. The smallest absolute Gasteiger partial charge is 0.410 e. The summed E-state index contributed by atoms with van der Waals surface area (Å²) >= 11 is 0. The quantitative estimate of drug-likeness (QED) is 0.689. The molecule has 2 aromatic carbocycles. The molecule has 0 bridgehead atoms. The summed E-state index contributed by atoms with van der Waals surface area (Å²) in [4.78, 5) is 14.3. The van der Waals surface area contributed by atoms with E-state index in [1.54, 1.807) is 11.0 Å². The van der Waals surface area contributed by atoms with Gasteiger partial charge in [0.15, 0.2) is 0 Å². The lowest BCUT2D eigenvalue weighted by Gasteiger charge is -2.47. The van der Waals surface area contributed by atoms with Crippen molar-refractivity contribution in [3.8, 4) is 0 Å². The van der Waals surface area contributed by atoms with Gasteiger partial charge < -0.3 is 14.4 Å². The number of benzene rings is 2. The number of rotatable bonds is 4. The summed E-state index contributed by atoms with van der Waals surface area (Å²) < 4.78 is 52.2. The number of methoxy groups -OCH3 is 1. The fourth-order valence-electron chi connectivity index (χ4n) is 4.58. The van der Waals surface area contributed by atoms with Crippen LogP contribution in [0.25, 0.3) is 0 Å². The SMILES string of the molecule is COC1=CS(=O)(=O)N(c2cccc(F)c2)C12CCN(C(=O)OCc1ccccc1)C(C)C2. The molecule has 32 heavy (non-hydrogen) atoms. The lowest BCUT2D eigenvalue weighted by atomic mass is 9.82. The number of halogens is 1. The minimum absolute atomic E-state index is 0.154. The zero-order valence-corrected chi connectivity index (χ0v) is 18.7. The van der Waals surface area contributed by atoms with Gasteiger partial charge in [-0.1, -0.05) is 36.4 Å². The Morgan fingerprint density at radius 3 is 2.59 bits per heavy atom. The molecule has 4 rings (SSSR count). The summed E-state index contributed by atoms with van der Waals surface area (Å²) in [7, 11) is -2.47. The molecule has 1 amide bonds. The Morgan fingerprint density at radius 1 is 1.19 bits per heavy atom. The van der Waals surface area contributed by atoms with Gasteiger partial charge in [-0.2, -0.15) is 0 Å². The van der Waals surface area contributed by atoms with E-state index in [-0.39, 0.29) is 43.5 Å². The van der Waals surface area contributed by atoms with Crippen LogP contribution in [-0.4, -0.2) is 44.6 Å². The van der Waals surface area contributed by atoms with E-state index in [4.69, 9.17) is 9.47 Å². The highest BCUT2D eigenvalue weighted by molar-refractivity contribution is 7.96. The molecule has 0 radical (unpaired) electrons. The van der Waals surface area contributed by atoms with Gasteiger partial charge in [0, 0.05) is 12.6 Å². The van der Waals surface area contributed by atoms with E-state index in [1.165, 1.54) is 29.6 Å². The number of carbonyl (C=O) groups is 1. The minimum atomic E-state index is -3.89. The van der Waals surface area contributed by atoms with Gasteiger partial charge in [0.2, 0.25) is 0 Å². The molecular formula is C23H25FN2O5S. The van der Waals surface area contributed by atoms with E-state index in [2.05, 4.69) is 0 Å². The van der Waals surface area contributed by atoms with Gasteiger partial charge in [0.25, 0.3) is 10.0 Å². The predicted molar refractivity (Wildman–Crippen MR) is 118 cm³/mol. The second-order valence-corrected chi connectivity index (χ2v) is 9.67. The van der Waals surface area contributed by atoms with E-state index in [0.717, 1.165) is 11.0 Å². The minimum Gasteiger partial charge on any atom is -0.498 e. The standard InChI is InChI=1S/C23H25FN2O5S/c1-17-14-23(11-12-25(17)22(27)31-15-18-7-4-3-5-8-18)21(30-2)16-32(28,29)26(23)20-10-6-9-19(24)13-20/h3-10,13,16-17H,11-12,14-15H2,1-2H3. The van der Waals surface area contributed by atoms with E-state index >= 15 is 0 Å². The molecule has 0 N–H and O–H groups in total. The molecule has 2 unspecified atom stereocenters. The number of hydrogen-bond donors (Lipinski definition) is 0. The van der Waals surface area contributed by atoms with Crippen molar-refractivity contribution in [1.82, 2.24) is 4.90 Å². The number of nitrogens with zero attached hydrogens (tertiary/aromatic N) is 2. The zero-order valence-electron chi connectivity index (χ0n) is 17.9. The van der Waals surface area contributed by atoms with Crippen molar-refractivity contribution in [2.45, 2.75) is 38.0 Å². The van der Waals surface area contributed by atoms with E-state index < -0.39 is 27.5 Å². The third-order valence-corrected chi connectivity index (χ3v) is 7.57. The van der Waals surface area contributed by atoms with E-state index in [9.17, 15) is 17.6 Å². The van der Waals surface area contributed by atoms with Crippen molar-refractivity contribution in [3.63, 3.8) is 0 Å². The molecule has 0 saturated carbocycles. The topological polar surface area (TPSA) is 76.2 Å². The summed E-state index contributed by atoms with van der Waals surface area (Å²) in [6.07, 6.45) is 0.105. The Hall–Kier alpha value is -3.07. The first-order valence-electron chi connectivity index (χ1n) is 10.3. The summed E-state index contributed by atoms with van der Waals surface area (Å²) in [5.74, 6) is -0.250. The first-order chi connectivity index (χ1) is 15.3. The Kier molecular flexibility index (Phi) is 5.85. The van der Waals surface area contributed by atoms with Gasteiger partial charge in [0.1, 0.15) is 23.7 Å². The number of hydrogen-bond acceptors (Lipinski definition) is 5. The van der Waals surface area contributed by atoms with Crippen LogP contribution < -0.4 is 4.31 Å². The fourth-order valence-corrected chi connectivity index (χ4v) is 6.43. The van der Waals surface area contributed by atoms with Crippen LogP contribution in [0.5, 0.6) is 0 Å². The number of anilines is 1. The highest BCUT2D eigenvalue weighted by Crippen LogP contribution is 2.47. The molecule has 2 aliphatic rings. The highest BCUT2D eigenvalue weighted by atomic mass is 32.2. The molecule has 0 aromatic heterocycles. The Labute approximate surface area is 187 Å². The molecule has 9 heteroatoms. The maximum atomic E-state index is 13.9. The maximum Gasteiger partial charge on any atom is 0.410 e. The largest absolute Gasteiger partial charge is 0.498 e. The number of ether oxygens (including phenoxy) is 2. The molecule has 2 atom stereocenters. The summed E-state index contributed by atoms with van der Waals surface area (Å²) in [5.41, 5.74) is 0.0585. The monoisotopic (exact) mass is 460 g/mol. The van der Waals surface area contributed by atoms with Crippen LogP contribution >= 0.6 is 0 Å². The molecule has 2 heterocycles. The summed E-state index contributed by atoms with van der Waals surface area (Å²) in [6.45, 7) is 2.25. The lowest BCUT2D eigenvalue weighted by molar-refractivity contribution is 0.0538. The second kappa shape index (κ2) is 8.46. The van der Waals surface area contributed by atoms with Crippen LogP contribution in [0.1, 0.15) is 25.3 Å². The first kappa shape index (κ1) is 22.1. The maximum absolute atomic E-state index is 13.9. The highest BCUT2D eigenvalue weighted by Gasteiger charge is 2.56. The molecular weight excluding hydrogens is 435 g/mol. The number of sulfonamides is 1. The zero-order chi connectivity index (χ0) is 22.9. The van der Waals surface area contributed by atoms with Crippen molar-refractivity contribution < 1.29 is 27.1 Å². The third kappa shape index (κ3) is 3.92. The molecule has 0 aliphatic carbocycles. The van der Waals surface area contributed by atoms with Crippen molar-refractivity contribution in [2.24, 2.45) is 0 Å². The number of amides is 1. The van der Waals surface area contributed by atoms with E-state index in [0.29, 0.717) is 0 Å². The second-order valence-electron chi connectivity index (χ2n) is 8.04. The Balaban J connectivity index is 1.58. The average Bonchev–Trinajstić information content (AvgIpc) is 2.98. The van der Waals surface area contributed by atoms with Gasteiger partial charge in [-0.3, -0.25) is 4.31 Å². The van der Waals surface area contributed by atoms with Gasteiger partial charge in [0.05, 0.1) is 18.2 Å². The van der Waals surface area contributed by atoms with Crippen LogP contribution in [0, 0.1) is 5.82 Å². The van der Waals surface area contributed by atoms with E-state index in [1.807, 2.05) is 37.3 Å². The number of carbonyl (C=O) groups excluding carboxylic acids is 1. The van der Waals surface area contributed by atoms with Crippen LogP contribution in [-0.2, 0) is 26.1 Å². The third-order valence-electron chi connectivity index (χ3n) is 5.99. The predicted octanol–water partition coefficient (Wildman–Crippen LogP) is 4.02. The molecule has 1 spiro atoms. The molecule has 2 aromatic rings. The lowest BCUT2D eigenvalue weighted by Crippen LogP contribution is -2.59. The Bertz CT molecular complexity index is 1140. The first-order valence-corrected chi connectivity index (χ1v) is 11.8. The molecule has 2 aliphatic heterocycles. The van der Waals surface area contributed by atoms with Gasteiger partial charge in [-0.05, 0) is 43.5 Å². The molecule has 7 nitrogen and oxygen atoms in total. The van der Waals surface area contributed by atoms with Crippen LogP contribution in [0.3, 0.4) is 0 Å². The van der Waals surface area contributed by atoms with Crippen molar-refractivity contribution >= 4 is 21.8 Å².